The Morgan fingerprint density at radius 2 is 2.04 bits per heavy atom. The predicted molar refractivity (Wildman–Crippen MR) is 112 cm³/mol. The third-order valence-electron chi connectivity index (χ3n) is 6.13. The maximum absolute atomic E-state index is 12.3. The number of nitrogens with one attached hydrogen (secondary N) is 2. The van der Waals surface area contributed by atoms with Crippen LogP contribution >= 0.6 is 0 Å². The fraction of sp³-hybridized carbons (Fsp3) is 0.435. The molecule has 2 aliphatic heterocycles. The van der Waals surface area contributed by atoms with Crippen molar-refractivity contribution < 1.29 is 9.53 Å². The van der Waals surface area contributed by atoms with Crippen molar-refractivity contribution in [1.82, 2.24) is 10.6 Å². The van der Waals surface area contributed by atoms with Gasteiger partial charge in [-0.2, -0.15) is 0 Å². The highest BCUT2D eigenvalue weighted by Gasteiger charge is 2.33. The average Bonchev–Trinajstić information content (AvgIpc) is 2.96. The van der Waals surface area contributed by atoms with Crippen molar-refractivity contribution in [2.24, 2.45) is 0 Å². The largest absolute Gasteiger partial charge is 0.496 e. The molecule has 0 saturated carbocycles. The number of rotatable bonds is 5. The monoisotopic (exact) mass is 379 g/mol. The maximum atomic E-state index is 12.3. The van der Waals surface area contributed by atoms with Gasteiger partial charge in [0.2, 0.25) is 5.91 Å². The molecular formula is C23H29N3O2. The van der Waals surface area contributed by atoms with Crippen molar-refractivity contribution in [1.29, 1.82) is 0 Å². The number of anilines is 1. The Kier molecular flexibility index (Phi) is 5.38. The average molecular weight is 380 g/mol. The van der Waals surface area contributed by atoms with Gasteiger partial charge in [0.1, 0.15) is 5.75 Å². The Bertz CT molecular complexity index is 852. The number of nitrogens with zero attached hydrogens (tertiary/aromatic N) is 1. The van der Waals surface area contributed by atoms with E-state index in [1.54, 1.807) is 12.0 Å². The molecular weight excluding hydrogens is 350 g/mol. The van der Waals surface area contributed by atoms with E-state index < -0.39 is 0 Å². The van der Waals surface area contributed by atoms with Crippen LogP contribution in [0, 0.1) is 0 Å². The Morgan fingerprint density at radius 3 is 2.79 bits per heavy atom. The van der Waals surface area contributed by atoms with Crippen molar-refractivity contribution in [3.63, 3.8) is 0 Å². The summed E-state index contributed by atoms with van der Waals surface area (Å²) in [5.74, 6) is 0.876. The first-order valence-electron chi connectivity index (χ1n) is 10.1. The van der Waals surface area contributed by atoms with Crippen molar-refractivity contribution >= 4 is 11.6 Å². The van der Waals surface area contributed by atoms with E-state index in [1.165, 1.54) is 12.0 Å². The van der Waals surface area contributed by atoms with Crippen LogP contribution in [-0.4, -0.2) is 32.7 Å². The standard InChI is InChI=1S/C23H29N3O2/c1-15-18-12-17(21(28-3)13-20(18)26(2)23(15)27)14-25-19-10-7-11-24-22(19)16-8-5-4-6-9-16/h4-6,8-9,12-13,15,19,22,24-25H,7,10-11,14H2,1-3H3/t15-,19+,22+/m1/s1. The van der Waals surface area contributed by atoms with Crippen LogP contribution in [-0.2, 0) is 11.3 Å². The molecule has 0 aromatic heterocycles. The number of ether oxygens (including phenoxy) is 1. The lowest BCUT2D eigenvalue weighted by molar-refractivity contribution is -0.118. The number of hydrogen-bond donors (Lipinski definition) is 2. The lowest BCUT2D eigenvalue weighted by Crippen LogP contribution is -2.45. The number of methoxy groups -OCH3 is 1. The molecule has 4 rings (SSSR count). The Balaban J connectivity index is 1.55. The van der Waals surface area contributed by atoms with Gasteiger partial charge >= 0.3 is 0 Å². The normalized spacial score (nSPS) is 24.3. The fourth-order valence-corrected chi connectivity index (χ4v) is 4.50. The van der Waals surface area contributed by atoms with Crippen LogP contribution in [0.3, 0.4) is 0 Å². The lowest BCUT2D eigenvalue weighted by atomic mass is 9.92. The summed E-state index contributed by atoms with van der Waals surface area (Å²) in [6.07, 6.45) is 2.30. The zero-order chi connectivity index (χ0) is 19.7. The third-order valence-corrected chi connectivity index (χ3v) is 6.13. The molecule has 2 heterocycles. The molecule has 148 valence electrons. The van der Waals surface area contributed by atoms with Gasteiger partial charge < -0.3 is 20.3 Å². The molecule has 2 aromatic rings. The van der Waals surface area contributed by atoms with Crippen LogP contribution in [0.25, 0.3) is 0 Å². The minimum absolute atomic E-state index is 0.0990. The third kappa shape index (κ3) is 3.40. The Labute approximate surface area is 167 Å². The van der Waals surface area contributed by atoms with E-state index >= 15 is 0 Å². The molecule has 0 aliphatic carbocycles. The van der Waals surface area contributed by atoms with Gasteiger partial charge in [-0.05, 0) is 43.5 Å². The highest BCUT2D eigenvalue weighted by Crippen LogP contribution is 2.40. The summed E-state index contributed by atoms with van der Waals surface area (Å²) < 4.78 is 5.65. The molecule has 1 fully saturated rings. The smallest absolute Gasteiger partial charge is 0.234 e. The highest BCUT2D eigenvalue weighted by molar-refractivity contribution is 6.04. The minimum Gasteiger partial charge on any atom is -0.496 e. The highest BCUT2D eigenvalue weighted by atomic mass is 16.5. The van der Waals surface area contributed by atoms with Crippen LogP contribution in [0.5, 0.6) is 5.75 Å². The predicted octanol–water partition coefficient (Wildman–Crippen LogP) is 3.36. The molecule has 0 bridgehead atoms. The molecule has 5 nitrogen and oxygen atoms in total. The van der Waals surface area contributed by atoms with Gasteiger partial charge in [0.15, 0.2) is 0 Å². The minimum atomic E-state index is -0.0990. The summed E-state index contributed by atoms with van der Waals surface area (Å²) in [6, 6.07) is 15.4. The number of fused-ring (bicyclic) bond motifs is 1. The van der Waals surface area contributed by atoms with Gasteiger partial charge in [-0.15, -0.1) is 0 Å². The van der Waals surface area contributed by atoms with Crippen molar-refractivity contribution in [2.45, 2.75) is 44.3 Å². The van der Waals surface area contributed by atoms with E-state index in [9.17, 15) is 4.79 Å². The summed E-state index contributed by atoms with van der Waals surface area (Å²) >= 11 is 0. The maximum Gasteiger partial charge on any atom is 0.234 e. The van der Waals surface area contributed by atoms with Crippen molar-refractivity contribution in [2.75, 3.05) is 25.6 Å². The quantitative estimate of drug-likeness (QED) is 0.836. The summed E-state index contributed by atoms with van der Waals surface area (Å²) in [4.78, 5) is 14.1. The van der Waals surface area contributed by atoms with Gasteiger partial charge in [-0.25, -0.2) is 0 Å². The second kappa shape index (κ2) is 7.94. The fourth-order valence-electron chi connectivity index (χ4n) is 4.50. The first kappa shape index (κ1) is 19.0. The number of piperidine rings is 1. The van der Waals surface area contributed by atoms with Crippen molar-refractivity contribution in [3.8, 4) is 5.75 Å². The number of amides is 1. The van der Waals surface area contributed by atoms with E-state index in [0.717, 1.165) is 42.1 Å². The molecule has 3 atom stereocenters. The molecule has 1 saturated heterocycles. The van der Waals surface area contributed by atoms with Crippen LogP contribution in [0.1, 0.15) is 48.4 Å². The van der Waals surface area contributed by atoms with Gasteiger partial charge in [0, 0.05) is 37.3 Å². The van der Waals surface area contributed by atoms with Crippen molar-refractivity contribution in [3.05, 3.63) is 59.2 Å². The molecule has 0 spiro atoms. The van der Waals surface area contributed by atoms with E-state index in [4.69, 9.17) is 4.74 Å². The first-order valence-corrected chi connectivity index (χ1v) is 10.1. The SMILES string of the molecule is COc1cc2c(cc1CN[C@H]1CCCN[C@H]1c1ccccc1)[C@@H](C)C(=O)N2C. The van der Waals surface area contributed by atoms with Crippen LogP contribution in [0.15, 0.2) is 42.5 Å². The number of carbonyl (C=O) groups is 1. The second-order valence-electron chi connectivity index (χ2n) is 7.81. The first-order chi connectivity index (χ1) is 13.6. The van der Waals surface area contributed by atoms with E-state index in [1.807, 2.05) is 20.0 Å². The summed E-state index contributed by atoms with van der Waals surface area (Å²) in [5.41, 5.74) is 4.47. The number of carbonyl (C=O) groups excluding carboxylic acids is 1. The van der Waals surface area contributed by atoms with E-state index in [2.05, 4.69) is 47.0 Å². The summed E-state index contributed by atoms with van der Waals surface area (Å²) in [5, 5.41) is 7.41. The Morgan fingerprint density at radius 1 is 1.25 bits per heavy atom. The van der Waals surface area contributed by atoms with Gasteiger partial charge in [0.05, 0.1) is 18.7 Å². The van der Waals surface area contributed by atoms with Crippen LogP contribution in [0.4, 0.5) is 5.69 Å². The zero-order valence-electron chi connectivity index (χ0n) is 16.9. The second-order valence-corrected chi connectivity index (χ2v) is 7.81. The summed E-state index contributed by atoms with van der Waals surface area (Å²) in [6.45, 7) is 3.74. The lowest BCUT2D eigenvalue weighted by Gasteiger charge is -2.34. The van der Waals surface area contributed by atoms with E-state index in [0.29, 0.717) is 12.1 Å². The van der Waals surface area contributed by atoms with Gasteiger partial charge in [-0.1, -0.05) is 30.3 Å². The molecule has 28 heavy (non-hydrogen) atoms. The topological polar surface area (TPSA) is 53.6 Å². The molecule has 0 radical (unpaired) electrons. The zero-order valence-corrected chi connectivity index (χ0v) is 16.9. The molecule has 0 unspecified atom stereocenters. The summed E-state index contributed by atoms with van der Waals surface area (Å²) in [7, 11) is 3.53. The van der Waals surface area contributed by atoms with Crippen LogP contribution < -0.4 is 20.3 Å². The molecule has 2 aromatic carbocycles. The van der Waals surface area contributed by atoms with Crippen LogP contribution in [0.2, 0.25) is 0 Å². The van der Waals surface area contributed by atoms with Gasteiger partial charge in [-0.3, -0.25) is 4.79 Å². The number of hydrogen-bond acceptors (Lipinski definition) is 4. The molecule has 2 N–H and O–H groups in total. The van der Waals surface area contributed by atoms with E-state index in [-0.39, 0.29) is 11.8 Å². The number of benzene rings is 2. The van der Waals surface area contributed by atoms with Gasteiger partial charge in [0.25, 0.3) is 0 Å². The Hall–Kier alpha value is -2.37. The number of likely N-dealkylation sites (N-methyl/N-ethyl adjacent to an activating group) is 1. The molecule has 1 amide bonds. The molecule has 2 aliphatic rings. The molecule has 5 heteroatoms.